The molecule has 0 unspecified atom stereocenters. The van der Waals surface area contributed by atoms with Gasteiger partial charge in [0.2, 0.25) is 0 Å². The van der Waals surface area contributed by atoms with Crippen LogP contribution in [0.4, 0.5) is 21.0 Å². The molecule has 32 heavy (non-hydrogen) atoms. The van der Waals surface area contributed by atoms with Crippen LogP contribution in [-0.2, 0) is 0 Å². The summed E-state index contributed by atoms with van der Waals surface area (Å²) in [5, 5.41) is 22.0. The Labute approximate surface area is 188 Å². The van der Waals surface area contributed by atoms with Crippen LogP contribution in [0.5, 0.6) is 0 Å². The number of hydrogen-bond donors (Lipinski definition) is 2. The van der Waals surface area contributed by atoms with Gasteiger partial charge in [-0.2, -0.15) is 10.4 Å². The molecule has 0 saturated carbocycles. The van der Waals surface area contributed by atoms with Crippen molar-refractivity contribution in [2.75, 3.05) is 43.0 Å². The third-order valence-electron chi connectivity index (χ3n) is 5.59. The predicted octanol–water partition coefficient (Wildman–Crippen LogP) is 3.58. The zero-order valence-corrected chi connectivity index (χ0v) is 18.5. The number of nitrogens with zero attached hydrogens (tertiary/aromatic N) is 6. The summed E-state index contributed by atoms with van der Waals surface area (Å²) in [4.78, 5) is 14.1. The zero-order valence-electron chi connectivity index (χ0n) is 17.7. The van der Waals surface area contributed by atoms with Gasteiger partial charge in [-0.1, -0.05) is 11.3 Å². The molecule has 0 atom stereocenters. The molecule has 1 fully saturated rings. The van der Waals surface area contributed by atoms with Crippen molar-refractivity contribution in [1.82, 2.24) is 25.5 Å². The summed E-state index contributed by atoms with van der Waals surface area (Å²) >= 11 is 1.28. The van der Waals surface area contributed by atoms with Crippen LogP contribution in [0.3, 0.4) is 0 Å². The Kier molecular flexibility index (Phi) is 5.20. The molecule has 162 valence electrons. The highest BCUT2D eigenvalue weighted by Gasteiger charge is 2.22. The molecule has 1 aromatic carbocycles. The maximum atomic E-state index is 13.3. The van der Waals surface area contributed by atoms with Gasteiger partial charge in [-0.05, 0) is 37.3 Å². The lowest BCUT2D eigenvalue weighted by Gasteiger charge is -2.30. The molecule has 1 aliphatic rings. The molecule has 1 aliphatic heterocycles. The third kappa shape index (κ3) is 3.55. The van der Waals surface area contributed by atoms with Crippen molar-refractivity contribution in [3.63, 3.8) is 0 Å². The monoisotopic (exact) mass is 448 g/mol. The summed E-state index contributed by atoms with van der Waals surface area (Å²) in [5.41, 5.74) is 3.99. The van der Waals surface area contributed by atoms with Gasteiger partial charge in [0.05, 0.1) is 16.8 Å². The highest BCUT2D eigenvalue weighted by molar-refractivity contribution is 7.16. The van der Waals surface area contributed by atoms with E-state index in [9.17, 15) is 9.65 Å². The van der Waals surface area contributed by atoms with E-state index in [1.807, 2.05) is 18.9 Å². The number of nitrogens with one attached hydrogen (secondary N) is 2. The highest BCUT2D eigenvalue weighted by atomic mass is 32.1. The van der Waals surface area contributed by atoms with Crippen LogP contribution < -0.4 is 15.1 Å². The molecule has 1 saturated heterocycles. The van der Waals surface area contributed by atoms with Gasteiger partial charge < -0.3 is 15.1 Å². The van der Waals surface area contributed by atoms with Gasteiger partial charge in [-0.3, -0.25) is 5.10 Å². The minimum atomic E-state index is -0.328. The molecular weight excluding hydrogens is 427 g/mol. The van der Waals surface area contributed by atoms with Crippen molar-refractivity contribution in [2.45, 2.75) is 6.92 Å². The summed E-state index contributed by atoms with van der Waals surface area (Å²) in [7, 11) is 1.87. The largest absolute Gasteiger partial charge is 0.368 e. The van der Waals surface area contributed by atoms with E-state index in [0.29, 0.717) is 32.7 Å². The van der Waals surface area contributed by atoms with Crippen LogP contribution in [0.1, 0.15) is 10.6 Å². The van der Waals surface area contributed by atoms with Gasteiger partial charge in [-0.25, -0.2) is 14.4 Å². The first-order valence-electron chi connectivity index (χ1n) is 10.3. The fraction of sp³-hybridized carbons (Fsp3) is 0.273. The molecule has 4 aromatic rings. The summed E-state index contributed by atoms with van der Waals surface area (Å²) in [5.74, 6) is 0.360. The van der Waals surface area contributed by atoms with Crippen LogP contribution in [0, 0.1) is 24.1 Å². The number of benzene rings is 1. The number of hydrogen-bond acceptors (Lipinski definition) is 8. The molecule has 0 aliphatic carbocycles. The quantitative estimate of drug-likeness (QED) is 0.493. The number of aromatic amines is 1. The fourth-order valence-electron chi connectivity index (χ4n) is 3.92. The van der Waals surface area contributed by atoms with Gasteiger partial charge in [0, 0.05) is 38.8 Å². The van der Waals surface area contributed by atoms with E-state index < -0.39 is 0 Å². The summed E-state index contributed by atoms with van der Waals surface area (Å²) < 4.78 is 13.3. The number of halogens is 1. The molecule has 0 radical (unpaired) electrons. The number of piperazine rings is 1. The topological polar surface area (TPSA) is 96.8 Å². The Morgan fingerprint density at radius 3 is 2.66 bits per heavy atom. The number of H-pyrrole nitrogens is 1. The van der Waals surface area contributed by atoms with Crippen LogP contribution in [0.2, 0.25) is 0 Å². The summed E-state index contributed by atoms with van der Waals surface area (Å²) in [6.07, 6.45) is 0. The number of aryl methyl sites for hydroxylation is 1. The van der Waals surface area contributed by atoms with Crippen molar-refractivity contribution >= 4 is 39.0 Å². The summed E-state index contributed by atoms with van der Waals surface area (Å²) in [6, 6.07) is 10.3. The second kappa shape index (κ2) is 8.18. The molecule has 4 heterocycles. The van der Waals surface area contributed by atoms with Crippen LogP contribution in [-0.4, -0.2) is 53.4 Å². The minimum Gasteiger partial charge on any atom is -0.368 e. The Bertz CT molecular complexity index is 1310. The maximum absolute atomic E-state index is 13.3. The first-order chi connectivity index (χ1) is 15.5. The Hall–Kier alpha value is -3.55. The van der Waals surface area contributed by atoms with Gasteiger partial charge in [0.25, 0.3) is 0 Å². The smallest absolute Gasteiger partial charge is 0.192 e. The number of aromatic nitrogens is 4. The molecule has 5 rings (SSSR count). The zero-order chi connectivity index (χ0) is 22.2. The van der Waals surface area contributed by atoms with Crippen molar-refractivity contribution in [2.24, 2.45) is 0 Å². The second-order valence-electron chi connectivity index (χ2n) is 7.63. The van der Waals surface area contributed by atoms with E-state index in [4.69, 9.17) is 4.98 Å². The first kappa shape index (κ1) is 20.4. The van der Waals surface area contributed by atoms with Crippen molar-refractivity contribution in [3.8, 4) is 17.3 Å². The molecule has 0 amide bonds. The van der Waals surface area contributed by atoms with Gasteiger partial charge in [-0.15, -0.1) is 0 Å². The number of rotatable bonds is 4. The van der Waals surface area contributed by atoms with Gasteiger partial charge >= 0.3 is 0 Å². The number of anilines is 3. The van der Waals surface area contributed by atoms with E-state index in [1.54, 1.807) is 12.1 Å². The second-order valence-corrected chi connectivity index (χ2v) is 8.60. The Morgan fingerprint density at radius 2 is 1.94 bits per heavy atom. The molecular formula is C22H21FN8S. The number of pyridine rings is 1. The predicted molar refractivity (Wildman–Crippen MR) is 124 cm³/mol. The van der Waals surface area contributed by atoms with Crippen molar-refractivity contribution < 1.29 is 4.39 Å². The normalized spacial score (nSPS) is 14.0. The van der Waals surface area contributed by atoms with E-state index in [1.165, 1.54) is 23.5 Å². The number of nitriles is 1. The lowest BCUT2D eigenvalue weighted by Crippen LogP contribution is -2.43. The molecule has 8 nitrogen and oxygen atoms in total. The third-order valence-corrected chi connectivity index (χ3v) is 6.63. The molecule has 0 spiro atoms. The Morgan fingerprint density at radius 1 is 1.19 bits per heavy atom. The SMILES string of the molecule is Cc1nc2[nH]nc(N(C)c3nc(-c4ccc(F)cc4)c(C#N)s3)c2cc1N1CCNCC1. The van der Waals surface area contributed by atoms with E-state index >= 15 is 0 Å². The summed E-state index contributed by atoms with van der Waals surface area (Å²) in [6.45, 7) is 5.75. The fourth-order valence-corrected chi connectivity index (χ4v) is 4.77. The van der Waals surface area contributed by atoms with Gasteiger partial charge in [0.1, 0.15) is 22.5 Å². The van der Waals surface area contributed by atoms with Crippen molar-refractivity contribution in [3.05, 3.63) is 46.7 Å². The maximum Gasteiger partial charge on any atom is 0.192 e. The lowest BCUT2D eigenvalue weighted by atomic mass is 10.1. The number of fused-ring (bicyclic) bond motifs is 1. The lowest BCUT2D eigenvalue weighted by molar-refractivity contribution is 0.588. The average Bonchev–Trinajstić information content (AvgIpc) is 3.43. The van der Waals surface area contributed by atoms with E-state index in [-0.39, 0.29) is 5.82 Å². The van der Waals surface area contributed by atoms with E-state index in [2.05, 4.69) is 37.5 Å². The average molecular weight is 449 g/mol. The first-order valence-corrected chi connectivity index (χ1v) is 11.1. The highest BCUT2D eigenvalue weighted by Crippen LogP contribution is 2.37. The standard InChI is InChI=1S/C22H21FN8S/c1-13-17(31-9-7-25-8-10-31)11-16-20(26-13)28-29-21(16)30(2)22-27-19(18(12-24)32-22)14-3-5-15(23)6-4-14/h3-6,11,25H,7-10H2,1-2H3,(H,26,28,29). The van der Waals surface area contributed by atoms with Crippen molar-refractivity contribution in [1.29, 1.82) is 5.26 Å². The van der Waals surface area contributed by atoms with Crippen LogP contribution >= 0.6 is 11.3 Å². The molecule has 0 bridgehead atoms. The van der Waals surface area contributed by atoms with Crippen LogP contribution in [0.15, 0.2) is 30.3 Å². The minimum absolute atomic E-state index is 0.328. The molecule has 10 heteroatoms. The number of thiazole rings is 1. The van der Waals surface area contributed by atoms with Gasteiger partial charge in [0.15, 0.2) is 16.6 Å². The van der Waals surface area contributed by atoms with Crippen LogP contribution in [0.25, 0.3) is 22.3 Å². The molecule has 3 aromatic heterocycles. The molecule has 2 N–H and O–H groups in total. The Balaban J connectivity index is 1.54. The van der Waals surface area contributed by atoms with E-state index in [0.717, 1.165) is 42.9 Å².